The van der Waals surface area contributed by atoms with Crippen molar-refractivity contribution in [2.45, 2.75) is 6.92 Å². The number of rotatable bonds is 3. The van der Waals surface area contributed by atoms with Gasteiger partial charge in [-0.1, -0.05) is 17.7 Å². The number of H-pyrrole nitrogens is 1. The molecule has 0 aliphatic heterocycles. The summed E-state index contributed by atoms with van der Waals surface area (Å²) in [6.45, 7) is 1.96. The molecule has 0 amide bonds. The molecular formula is C17H11ClN4O2. The van der Waals surface area contributed by atoms with Crippen molar-refractivity contribution in [3.63, 3.8) is 0 Å². The Kier molecular flexibility index (Phi) is 4.02. The second-order valence-electron chi connectivity index (χ2n) is 5.24. The smallest absolute Gasteiger partial charge is 0.270 e. The van der Waals surface area contributed by atoms with Gasteiger partial charge in [0.1, 0.15) is 11.9 Å². The van der Waals surface area contributed by atoms with E-state index in [4.69, 9.17) is 11.6 Å². The minimum atomic E-state index is -0.510. The number of fused-ring (bicyclic) bond motifs is 1. The normalized spacial score (nSPS) is 11.5. The average molecular weight is 339 g/mol. The molecule has 3 rings (SSSR count). The molecule has 118 valence electrons. The summed E-state index contributed by atoms with van der Waals surface area (Å²) in [5.74, 6) is 0.390. The number of nitro groups is 1. The summed E-state index contributed by atoms with van der Waals surface area (Å²) in [7, 11) is 0. The number of allylic oxidation sites excluding steroid dienone is 1. The number of aromatic amines is 1. The lowest BCUT2D eigenvalue weighted by molar-refractivity contribution is -0.384. The standard InChI is InChI=1S/C17H11ClN4O2/c1-10-2-5-15-16(6-10)21-17(20-15)12(9-19)7-11-8-13(22(23)24)3-4-14(11)18/h2-8H,1H3,(H,20,21)/b12-7-. The summed E-state index contributed by atoms with van der Waals surface area (Å²) in [6, 6.07) is 11.9. The van der Waals surface area contributed by atoms with E-state index in [9.17, 15) is 15.4 Å². The minimum absolute atomic E-state index is 0.0943. The van der Waals surface area contributed by atoms with Gasteiger partial charge in [0, 0.05) is 22.7 Å². The molecule has 1 heterocycles. The molecule has 0 atom stereocenters. The number of hydrogen-bond donors (Lipinski definition) is 1. The van der Waals surface area contributed by atoms with Gasteiger partial charge in [-0.25, -0.2) is 4.98 Å². The van der Waals surface area contributed by atoms with E-state index in [2.05, 4.69) is 16.0 Å². The van der Waals surface area contributed by atoms with E-state index in [0.29, 0.717) is 16.4 Å². The third-order valence-electron chi connectivity index (χ3n) is 3.50. The highest BCUT2D eigenvalue weighted by molar-refractivity contribution is 6.32. The first-order valence-corrected chi connectivity index (χ1v) is 7.38. The number of hydrogen-bond acceptors (Lipinski definition) is 4. The first-order valence-electron chi connectivity index (χ1n) is 7.00. The van der Waals surface area contributed by atoms with E-state index >= 15 is 0 Å². The molecule has 0 bridgehead atoms. The van der Waals surface area contributed by atoms with Crippen LogP contribution >= 0.6 is 11.6 Å². The third-order valence-corrected chi connectivity index (χ3v) is 3.85. The minimum Gasteiger partial charge on any atom is -0.337 e. The first-order chi connectivity index (χ1) is 11.5. The number of aryl methyl sites for hydroxylation is 1. The SMILES string of the molecule is Cc1ccc2nc(/C(C#N)=C\c3cc([N+](=O)[O-])ccc3Cl)[nH]c2c1. The van der Waals surface area contributed by atoms with Crippen molar-refractivity contribution in [3.05, 3.63) is 68.5 Å². The maximum atomic E-state index is 10.9. The van der Waals surface area contributed by atoms with E-state index in [1.807, 2.05) is 25.1 Å². The number of nitrogens with one attached hydrogen (secondary N) is 1. The van der Waals surface area contributed by atoms with Crippen LogP contribution in [0.25, 0.3) is 22.7 Å². The van der Waals surface area contributed by atoms with Gasteiger partial charge in [0.05, 0.1) is 21.5 Å². The Hall–Kier alpha value is -3.17. The van der Waals surface area contributed by atoms with Crippen molar-refractivity contribution in [1.29, 1.82) is 5.26 Å². The van der Waals surface area contributed by atoms with Crippen molar-refractivity contribution < 1.29 is 4.92 Å². The molecule has 0 radical (unpaired) electrons. The van der Waals surface area contributed by atoms with E-state index in [1.165, 1.54) is 24.3 Å². The molecule has 24 heavy (non-hydrogen) atoms. The second kappa shape index (κ2) is 6.14. The molecule has 0 aliphatic rings. The number of aromatic nitrogens is 2. The van der Waals surface area contributed by atoms with Gasteiger partial charge >= 0.3 is 0 Å². The Morgan fingerprint density at radius 1 is 1.38 bits per heavy atom. The highest BCUT2D eigenvalue weighted by Crippen LogP contribution is 2.26. The van der Waals surface area contributed by atoms with Crippen LogP contribution < -0.4 is 0 Å². The van der Waals surface area contributed by atoms with Crippen molar-refractivity contribution in [2.75, 3.05) is 0 Å². The van der Waals surface area contributed by atoms with Crippen LogP contribution in [0.1, 0.15) is 17.0 Å². The van der Waals surface area contributed by atoms with Crippen LogP contribution in [0.5, 0.6) is 0 Å². The van der Waals surface area contributed by atoms with Gasteiger partial charge in [-0.3, -0.25) is 10.1 Å². The zero-order chi connectivity index (χ0) is 17.3. The monoisotopic (exact) mass is 338 g/mol. The van der Waals surface area contributed by atoms with Crippen LogP contribution in [0.4, 0.5) is 5.69 Å². The third kappa shape index (κ3) is 2.98. The average Bonchev–Trinajstić information content (AvgIpc) is 2.96. The highest BCUT2D eigenvalue weighted by Gasteiger charge is 2.12. The van der Waals surface area contributed by atoms with Gasteiger partial charge in [0.25, 0.3) is 5.69 Å². The molecular weight excluding hydrogens is 328 g/mol. The summed E-state index contributed by atoms with van der Waals surface area (Å²) in [4.78, 5) is 17.9. The topological polar surface area (TPSA) is 95.6 Å². The lowest BCUT2D eigenvalue weighted by Crippen LogP contribution is -1.90. The number of nitrogens with zero attached hydrogens (tertiary/aromatic N) is 3. The fourth-order valence-electron chi connectivity index (χ4n) is 2.32. The van der Waals surface area contributed by atoms with Gasteiger partial charge in [-0.2, -0.15) is 5.26 Å². The quantitative estimate of drug-likeness (QED) is 0.432. The number of non-ortho nitro benzene ring substituents is 1. The van der Waals surface area contributed by atoms with Gasteiger partial charge in [0.15, 0.2) is 0 Å². The number of benzene rings is 2. The van der Waals surface area contributed by atoms with Crippen LogP contribution in [-0.2, 0) is 0 Å². The fourth-order valence-corrected chi connectivity index (χ4v) is 2.49. The second-order valence-corrected chi connectivity index (χ2v) is 5.65. The molecule has 0 spiro atoms. The van der Waals surface area contributed by atoms with Crippen molar-refractivity contribution in [2.24, 2.45) is 0 Å². The number of imidazole rings is 1. The van der Waals surface area contributed by atoms with E-state index < -0.39 is 4.92 Å². The molecule has 0 fully saturated rings. The Bertz CT molecular complexity index is 1030. The van der Waals surface area contributed by atoms with Crippen LogP contribution in [0.3, 0.4) is 0 Å². The maximum absolute atomic E-state index is 10.9. The molecule has 0 aliphatic carbocycles. The lowest BCUT2D eigenvalue weighted by Gasteiger charge is -2.00. The largest absolute Gasteiger partial charge is 0.337 e. The van der Waals surface area contributed by atoms with E-state index in [0.717, 1.165) is 16.6 Å². The molecule has 1 N–H and O–H groups in total. The Morgan fingerprint density at radius 2 is 2.17 bits per heavy atom. The van der Waals surface area contributed by atoms with Gasteiger partial charge in [0.2, 0.25) is 0 Å². The fraction of sp³-hybridized carbons (Fsp3) is 0.0588. The zero-order valence-electron chi connectivity index (χ0n) is 12.6. The lowest BCUT2D eigenvalue weighted by atomic mass is 10.1. The Morgan fingerprint density at radius 3 is 2.88 bits per heavy atom. The Labute approximate surface area is 142 Å². The molecule has 0 saturated carbocycles. The van der Waals surface area contributed by atoms with E-state index in [1.54, 1.807) is 0 Å². The zero-order valence-corrected chi connectivity index (χ0v) is 13.3. The van der Waals surface area contributed by atoms with Gasteiger partial charge < -0.3 is 4.98 Å². The van der Waals surface area contributed by atoms with Crippen LogP contribution in [0.2, 0.25) is 5.02 Å². The molecule has 3 aromatic rings. The summed E-state index contributed by atoms with van der Waals surface area (Å²) >= 11 is 6.08. The van der Waals surface area contributed by atoms with Crippen molar-refractivity contribution >= 4 is 40.0 Å². The van der Waals surface area contributed by atoms with Gasteiger partial charge in [-0.05, 0) is 36.8 Å². The molecule has 6 nitrogen and oxygen atoms in total. The molecule has 0 unspecified atom stereocenters. The van der Waals surface area contributed by atoms with Crippen molar-refractivity contribution in [3.8, 4) is 6.07 Å². The van der Waals surface area contributed by atoms with Crippen LogP contribution in [0, 0.1) is 28.4 Å². The summed E-state index contributed by atoms with van der Waals surface area (Å²) in [6.07, 6.45) is 1.49. The molecule has 7 heteroatoms. The molecule has 0 saturated heterocycles. The summed E-state index contributed by atoms with van der Waals surface area (Å²) in [5, 5.41) is 20.7. The first kappa shape index (κ1) is 15.7. The molecule has 2 aromatic carbocycles. The summed E-state index contributed by atoms with van der Waals surface area (Å²) in [5.41, 5.74) is 3.16. The maximum Gasteiger partial charge on any atom is 0.270 e. The van der Waals surface area contributed by atoms with Crippen LogP contribution in [0.15, 0.2) is 36.4 Å². The van der Waals surface area contributed by atoms with Crippen molar-refractivity contribution in [1.82, 2.24) is 9.97 Å². The van der Waals surface area contributed by atoms with E-state index in [-0.39, 0.29) is 11.3 Å². The van der Waals surface area contributed by atoms with Gasteiger partial charge in [-0.15, -0.1) is 0 Å². The number of halogens is 1. The predicted octanol–water partition coefficient (Wildman–Crippen LogP) is 4.50. The number of nitro benzene ring substituents is 1. The predicted molar refractivity (Wildman–Crippen MR) is 92.4 cm³/mol. The Balaban J connectivity index is 2.10. The summed E-state index contributed by atoms with van der Waals surface area (Å²) < 4.78 is 0. The van der Waals surface area contributed by atoms with Crippen LogP contribution in [-0.4, -0.2) is 14.9 Å². The number of nitriles is 1. The highest BCUT2D eigenvalue weighted by atomic mass is 35.5. The molecule has 1 aromatic heterocycles.